The maximum atomic E-state index is 11.7. The maximum Gasteiger partial charge on any atom is 0.337 e. The number of hydrogen-bond acceptors (Lipinski definition) is 7. The van der Waals surface area contributed by atoms with Gasteiger partial charge in [-0.3, -0.25) is 0 Å². The lowest BCUT2D eigenvalue weighted by Gasteiger charge is -2.30. The van der Waals surface area contributed by atoms with Crippen molar-refractivity contribution in [3.8, 4) is 0 Å². The largest absolute Gasteiger partial charge is 0.478 e. The summed E-state index contributed by atoms with van der Waals surface area (Å²) < 4.78 is 49.8. The lowest BCUT2D eigenvalue weighted by atomic mass is 10.2. The molecular weight excluding hydrogens is 422 g/mol. The minimum atomic E-state index is -4.12. The molecule has 0 aliphatic carbocycles. The molecule has 0 unspecified atom stereocenters. The first-order valence-corrected chi connectivity index (χ1v) is 11.4. The summed E-state index contributed by atoms with van der Waals surface area (Å²) in [5, 5.41) is 19.1. The average Bonchev–Trinajstić information content (AvgIpc) is 2.68. The number of ether oxygens (including phenoxy) is 1. The fourth-order valence-corrected chi connectivity index (χ4v) is 4.14. The van der Waals surface area contributed by atoms with Crippen LogP contribution in [0.1, 0.15) is 10.4 Å². The van der Waals surface area contributed by atoms with Crippen LogP contribution in [0, 0.1) is 0 Å². The molecule has 29 heavy (non-hydrogen) atoms. The van der Waals surface area contributed by atoms with Gasteiger partial charge < -0.3 is 14.7 Å². The van der Waals surface area contributed by atoms with Crippen LogP contribution >= 0.6 is 0 Å². The molecule has 2 aromatic rings. The van der Waals surface area contributed by atoms with E-state index in [1.54, 1.807) is 29.2 Å². The molecule has 1 fully saturated rings. The number of carboxylic acids is 1. The highest BCUT2D eigenvalue weighted by Gasteiger charge is 2.26. The van der Waals surface area contributed by atoms with Crippen LogP contribution < -0.4 is 15.2 Å². The van der Waals surface area contributed by atoms with E-state index in [1.165, 1.54) is 24.3 Å². The van der Waals surface area contributed by atoms with Crippen molar-refractivity contribution in [2.45, 2.75) is 9.79 Å². The number of anilines is 1. The summed E-state index contributed by atoms with van der Waals surface area (Å²) in [6.07, 6.45) is 0. The summed E-state index contributed by atoms with van der Waals surface area (Å²) in [5.74, 6) is -1.32. The van der Waals surface area contributed by atoms with Crippen molar-refractivity contribution < 1.29 is 31.5 Å². The molecule has 1 saturated heterocycles. The number of hydrogen-bond donors (Lipinski definition) is 3. The van der Waals surface area contributed by atoms with Crippen LogP contribution in [0.3, 0.4) is 0 Å². The number of nitrogens with zero attached hydrogens (tertiary/aromatic N) is 1. The number of carboxylic acid groups (broad SMARTS) is 1. The number of sulfonamides is 2. The highest BCUT2D eigenvalue weighted by Crippen LogP contribution is 2.28. The monoisotopic (exact) mass is 443 g/mol. The van der Waals surface area contributed by atoms with E-state index in [2.05, 4.69) is 0 Å². The Labute approximate surface area is 168 Å². The summed E-state index contributed by atoms with van der Waals surface area (Å²) in [6.45, 7) is 1.90. The van der Waals surface area contributed by atoms with Gasteiger partial charge in [0.05, 0.1) is 29.4 Å². The summed E-state index contributed by atoms with van der Waals surface area (Å²) in [6, 6.07) is 12.2. The highest BCUT2D eigenvalue weighted by atomic mass is 32.2. The van der Waals surface area contributed by atoms with Crippen LogP contribution in [-0.4, -0.2) is 54.2 Å². The normalized spacial score (nSPS) is 14.6. The molecule has 0 atom stereocenters. The Bertz CT molecular complexity index is 1070. The topological polar surface area (TPSA) is 170 Å². The number of morpholine rings is 1. The fraction of sp³-hybridized carbons (Fsp3) is 0.235. The molecule has 1 heterocycles. The molecule has 0 spiro atoms. The molecular formula is C17H21N3O7S2. The zero-order valence-corrected chi connectivity index (χ0v) is 16.9. The van der Waals surface area contributed by atoms with Crippen molar-refractivity contribution in [3.05, 3.63) is 54.1 Å². The first kappa shape index (κ1) is 22.8. The maximum absolute atomic E-state index is 11.7. The third-order valence-corrected chi connectivity index (χ3v) is 5.86. The Morgan fingerprint density at radius 2 is 1.48 bits per heavy atom. The molecule has 0 amide bonds. The molecule has 1 aliphatic heterocycles. The molecule has 10 nitrogen and oxygen atoms in total. The van der Waals surface area contributed by atoms with Crippen LogP contribution in [0.2, 0.25) is 0 Å². The molecule has 3 rings (SSSR count). The van der Waals surface area contributed by atoms with Crippen LogP contribution in [0.4, 0.5) is 5.69 Å². The summed E-state index contributed by atoms with van der Waals surface area (Å²) in [5.41, 5.74) is -0.00260. The van der Waals surface area contributed by atoms with E-state index in [-0.39, 0.29) is 15.4 Å². The standard InChI is InChI=1S/C11H14N2O5S.C6H7NO2S/c12-19(16,17)10-8(11(14)15)2-1-3-9(10)13-4-6-18-7-5-13;7-10(8,9)6-4-2-1-3-5-6/h1-3H,4-7H2,(H,14,15)(H2,12,16,17);1-5H,(H2,7,8,9). The van der Waals surface area contributed by atoms with Crippen LogP contribution in [0.15, 0.2) is 58.3 Å². The van der Waals surface area contributed by atoms with Crippen LogP contribution in [0.25, 0.3) is 0 Å². The predicted octanol–water partition coefficient (Wildman–Crippen LogP) is 0.203. The molecule has 0 radical (unpaired) electrons. The zero-order valence-electron chi connectivity index (χ0n) is 15.3. The third kappa shape index (κ3) is 6.24. The second-order valence-electron chi connectivity index (χ2n) is 5.96. The van der Waals surface area contributed by atoms with Gasteiger partial charge >= 0.3 is 5.97 Å². The van der Waals surface area contributed by atoms with Crippen molar-refractivity contribution >= 4 is 31.7 Å². The number of benzene rings is 2. The highest BCUT2D eigenvalue weighted by molar-refractivity contribution is 7.89. The molecule has 0 aromatic heterocycles. The zero-order chi connectivity index (χ0) is 21.7. The van der Waals surface area contributed by atoms with Crippen LogP contribution in [-0.2, 0) is 24.8 Å². The molecule has 1 aliphatic rings. The van der Waals surface area contributed by atoms with E-state index in [9.17, 15) is 21.6 Å². The minimum absolute atomic E-state index is 0.148. The second-order valence-corrected chi connectivity index (χ2v) is 9.02. The van der Waals surface area contributed by atoms with E-state index in [0.717, 1.165) is 0 Å². The first-order chi connectivity index (χ1) is 13.5. The number of carbonyl (C=O) groups is 1. The van der Waals surface area contributed by atoms with E-state index < -0.39 is 26.0 Å². The number of aromatic carboxylic acids is 1. The van der Waals surface area contributed by atoms with E-state index >= 15 is 0 Å². The van der Waals surface area contributed by atoms with E-state index in [0.29, 0.717) is 32.0 Å². The van der Waals surface area contributed by atoms with Crippen molar-refractivity contribution in [2.75, 3.05) is 31.2 Å². The SMILES string of the molecule is NS(=O)(=O)c1c(C(=O)O)cccc1N1CCOCC1.NS(=O)(=O)c1ccccc1. The van der Waals surface area contributed by atoms with E-state index in [1.807, 2.05) is 0 Å². The van der Waals surface area contributed by atoms with Crippen molar-refractivity contribution in [2.24, 2.45) is 10.3 Å². The van der Waals surface area contributed by atoms with Crippen molar-refractivity contribution in [1.29, 1.82) is 0 Å². The van der Waals surface area contributed by atoms with Crippen molar-refractivity contribution in [1.82, 2.24) is 0 Å². The molecule has 0 bridgehead atoms. The number of primary sulfonamides is 2. The van der Waals surface area contributed by atoms with Gasteiger partial charge in [-0.05, 0) is 24.3 Å². The predicted molar refractivity (Wildman–Crippen MR) is 106 cm³/mol. The second kappa shape index (κ2) is 9.33. The lowest BCUT2D eigenvalue weighted by molar-refractivity contribution is 0.0692. The number of rotatable bonds is 4. The van der Waals surface area contributed by atoms with Crippen molar-refractivity contribution in [3.63, 3.8) is 0 Å². The fourth-order valence-electron chi connectivity index (χ4n) is 2.66. The number of nitrogens with two attached hydrogens (primary N) is 2. The van der Waals surface area contributed by atoms with Gasteiger partial charge in [-0.2, -0.15) is 0 Å². The summed E-state index contributed by atoms with van der Waals surface area (Å²) in [7, 11) is -7.62. The van der Waals surface area contributed by atoms with E-state index in [4.69, 9.17) is 20.1 Å². The van der Waals surface area contributed by atoms with Gasteiger partial charge in [0.15, 0.2) is 0 Å². The van der Waals surface area contributed by atoms with Gasteiger partial charge in [-0.1, -0.05) is 24.3 Å². The molecule has 158 valence electrons. The van der Waals surface area contributed by atoms with Gasteiger partial charge in [0.25, 0.3) is 0 Å². The lowest BCUT2D eigenvalue weighted by Crippen LogP contribution is -2.37. The Kier molecular flexibility index (Phi) is 7.32. The van der Waals surface area contributed by atoms with Gasteiger partial charge in [-0.15, -0.1) is 0 Å². The minimum Gasteiger partial charge on any atom is -0.478 e. The Balaban J connectivity index is 0.000000253. The Morgan fingerprint density at radius 1 is 0.897 bits per heavy atom. The van der Waals surface area contributed by atoms with Gasteiger partial charge in [-0.25, -0.2) is 31.9 Å². The smallest absolute Gasteiger partial charge is 0.337 e. The Morgan fingerprint density at radius 3 is 1.93 bits per heavy atom. The molecule has 12 heteroatoms. The average molecular weight is 444 g/mol. The van der Waals surface area contributed by atoms with Gasteiger partial charge in [0.1, 0.15) is 4.90 Å². The quantitative estimate of drug-likeness (QED) is 0.601. The third-order valence-electron chi connectivity index (χ3n) is 3.93. The Hall–Kier alpha value is -2.51. The molecule has 2 aromatic carbocycles. The van der Waals surface area contributed by atoms with Crippen LogP contribution in [0.5, 0.6) is 0 Å². The van der Waals surface area contributed by atoms with Gasteiger partial charge in [0.2, 0.25) is 20.0 Å². The first-order valence-electron chi connectivity index (χ1n) is 8.31. The van der Waals surface area contributed by atoms with Gasteiger partial charge in [0, 0.05) is 13.1 Å². The summed E-state index contributed by atoms with van der Waals surface area (Å²) in [4.78, 5) is 12.7. The molecule has 5 N–H and O–H groups in total. The molecule has 0 saturated carbocycles. The summed E-state index contributed by atoms with van der Waals surface area (Å²) >= 11 is 0.